The number of rotatable bonds is 15. The number of aliphatic hydroxyl groups is 3. The Hall–Kier alpha value is -1.75. The fourth-order valence-corrected chi connectivity index (χ4v) is 3.42. The lowest BCUT2D eigenvalue weighted by Crippen LogP contribution is -2.52. The number of hydrogen-bond acceptors (Lipinski definition) is 8. The van der Waals surface area contributed by atoms with Crippen LogP contribution in [0, 0.1) is 5.92 Å². The monoisotopic (exact) mass is 447 g/mol. The van der Waals surface area contributed by atoms with Crippen LogP contribution >= 0.6 is 0 Å². The number of amides is 1. The number of esters is 1. The number of carboxylic acids is 1. The van der Waals surface area contributed by atoms with Gasteiger partial charge in [-0.05, 0) is 25.7 Å². The lowest BCUT2D eigenvalue weighted by Gasteiger charge is -2.38. The minimum Gasteiger partial charge on any atom is -0.481 e. The van der Waals surface area contributed by atoms with E-state index in [1.807, 2.05) is 6.92 Å². The van der Waals surface area contributed by atoms with Crippen LogP contribution in [0.2, 0.25) is 0 Å². The molecule has 0 bridgehead atoms. The second kappa shape index (κ2) is 15.1. The standard InChI is InChI=1S/C21H37NO9/c1-2-8-18(25)22-12-16(24)14-11-15(23)17(31-21(14)29)13-30-20(28)10-7-5-3-4-6-9-19(26)27/h14-17,21,23-24,29H,2-13H2,1H3,(H,22,25)(H,26,27)/t14?,15-,16+,17+,21?/m0/s1. The molecule has 10 heteroatoms. The highest BCUT2D eigenvalue weighted by Crippen LogP contribution is 2.27. The van der Waals surface area contributed by atoms with Crippen LogP contribution in [-0.4, -0.2) is 76.0 Å². The number of carbonyl (C=O) groups is 3. The molecule has 1 heterocycles. The van der Waals surface area contributed by atoms with E-state index in [0.717, 1.165) is 19.3 Å². The van der Waals surface area contributed by atoms with E-state index in [0.29, 0.717) is 25.7 Å². The summed E-state index contributed by atoms with van der Waals surface area (Å²) < 4.78 is 10.5. The molecule has 5 N–H and O–H groups in total. The number of carbonyl (C=O) groups excluding carboxylic acids is 2. The predicted molar refractivity (Wildman–Crippen MR) is 110 cm³/mol. The zero-order chi connectivity index (χ0) is 23.2. The molecule has 0 aromatic rings. The summed E-state index contributed by atoms with van der Waals surface area (Å²) in [4.78, 5) is 33.8. The van der Waals surface area contributed by atoms with Gasteiger partial charge in [0, 0.05) is 31.7 Å². The molecule has 1 saturated heterocycles. The Morgan fingerprint density at radius 3 is 2.35 bits per heavy atom. The van der Waals surface area contributed by atoms with Crippen molar-refractivity contribution in [2.45, 2.75) is 95.7 Å². The van der Waals surface area contributed by atoms with E-state index in [-0.39, 0.29) is 38.3 Å². The second-order valence-corrected chi connectivity index (χ2v) is 8.00. The van der Waals surface area contributed by atoms with Crippen LogP contribution < -0.4 is 5.32 Å². The van der Waals surface area contributed by atoms with E-state index >= 15 is 0 Å². The molecule has 1 aliphatic rings. The van der Waals surface area contributed by atoms with Crippen LogP contribution in [0.4, 0.5) is 0 Å². The molecule has 0 spiro atoms. The molecule has 180 valence electrons. The van der Waals surface area contributed by atoms with E-state index in [1.165, 1.54) is 0 Å². The maximum atomic E-state index is 11.8. The van der Waals surface area contributed by atoms with Crippen molar-refractivity contribution >= 4 is 17.8 Å². The van der Waals surface area contributed by atoms with Crippen LogP contribution in [0.15, 0.2) is 0 Å². The van der Waals surface area contributed by atoms with E-state index in [2.05, 4.69) is 5.32 Å². The Balaban J connectivity index is 2.24. The molecule has 1 fully saturated rings. The summed E-state index contributed by atoms with van der Waals surface area (Å²) in [5.41, 5.74) is 0. The average Bonchev–Trinajstić information content (AvgIpc) is 2.71. The number of hydrogen-bond donors (Lipinski definition) is 5. The fourth-order valence-electron chi connectivity index (χ4n) is 3.42. The maximum Gasteiger partial charge on any atom is 0.305 e. The summed E-state index contributed by atoms with van der Waals surface area (Å²) >= 11 is 0. The number of unbranched alkanes of at least 4 members (excludes halogenated alkanes) is 4. The molecule has 1 amide bonds. The van der Waals surface area contributed by atoms with Crippen LogP contribution in [0.3, 0.4) is 0 Å². The van der Waals surface area contributed by atoms with Crippen molar-refractivity contribution in [3.8, 4) is 0 Å². The number of nitrogens with one attached hydrogen (secondary N) is 1. The summed E-state index contributed by atoms with van der Waals surface area (Å²) in [5.74, 6) is -2.21. The van der Waals surface area contributed by atoms with E-state index < -0.39 is 42.5 Å². The normalized spacial score (nSPS) is 24.4. The molecule has 2 unspecified atom stereocenters. The fraction of sp³-hybridized carbons (Fsp3) is 0.857. The molecule has 10 nitrogen and oxygen atoms in total. The number of ether oxygens (including phenoxy) is 2. The Kier molecular flexibility index (Phi) is 13.3. The van der Waals surface area contributed by atoms with Crippen LogP contribution in [-0.2, 0) is 23.9 Å². The molecule has 0 aromatic carbocycles. The zero-order valence-electron chi connectivity index (χ0n) is 18.2. The smallest absolute Gasteiger partial charge is 0.305 e. The zero-order valence-corrected chi connectivity index (χ0v) is 18.2. The van der Waals surface area contributed by atoms with E-state index in [9.17, 15) is 29.7 Å². The summed E-state index contributed by atoms with van der Waals surface area (Å²) in [7, 11) is 0. The van der Waals surface area contributed by atoms with Gasteiger partial charge in [0.15, 0.2) is 6.29 Å². The third-order valence-corrected chi connectivity index (χ3v) is 5.28. The van der Waals surface area contributed by atoms with Gasteiger partial charge < -0.3 is 35.2 Å². The highest BCUT2D eigenvalue weighted by atomic mass is 16.6. The maximum absolute atomic E-state index is 11.8. The molecule has 0 saturated carbocycles. The Morgan fingerprint density at radius 1 is 1.06 bits per heavy atom. The highest BCUT2D eigenvalue weighted by Gasteiger charge is 2.40. The molecular formula is C21H37NO9. The number of carboxylic acid groups (broad SMARTS) is 1. The minimum atomic E-state index is -1.35. The first-order valence-corrected chi connectivity index (χ1v) is 11.1. The molecular weight excluding hydrogens is 410 g/mol. The van der Waals surface area contributed by atoms with Crippen molar-refractivity contribution in [3.05, 3.63) is 0 Å². The summed E-state index contributed by atoms with van der Waals surface area (Å²) in [6, 6.07) is 0. The first-order chi connectivity index (χ1) is 14.7. The van der Waals surface area contributed by atoms with Gasteiger partial charge in [-0.25, -0.2) is 0 Å². The third kappa shape index (κ3) is 11.4. The van der Waals surface area contributed by atoms with Crippen LogP contribution in [0.25, 0.3) is 0 Å². The molecule has 1 aliphatic heterocycles. The second-order valence-electron chi connectivity index (χ2n) is 8.00. The third-order valence-electron chi connectivity index (χ3n) is 5.28. The van der Waals surface area contributed by atoms with Gasteiger partial charge in [0.2, 0.25) is 5.91 Å². The van der Waals surface area contributed by atoms with Gasteiger partial charge in [-0.15, -0.1) is 0 Å². The van der Waals surface area contributed by atoms with Crippen molar-refractivity contribution in [2.24, 2.45) is 5.92 Å². The van der Waals surface area contributed by atoms with Gasteiger partial charge >= 0.3 is 11.9 Å². The lowest BCUT2D eigenvalue weighted by molar-refractivity contribution is -0.251. The summed E-state index contributed by atoms with van der Waals surface area (Å²) in [6.45, 7) is 1.61. The minimum absolute atomic E-state index is 0.0462. The average molecular weight is 448 g/mol. The Bertz CT molecular complexity index is 557. The molecule has 1 rings (SSSR count). The molecule has 0 aromatic heterocycles. The first kappa shape index (κ1) is 27.3. The molecule has 31 heavy (non-hydrogen) atoms. The van der Waals surface area contributed by atoms with Gasteiger partial charge in [0.25, 0.3) is 0 Å². The molecule has 0 aliphatic carbocycles. The van der Waals surface area contributed by atoms with Gasteiger partial charge in [-0.2, -0.15) is 0 Å². The van der Waals surface area contributed by atoms with Crippen molar-refractivity contribution in [1.82, 2.24) is 5.32 Å². The largest absolute Gasteiger partial charge is 0.481 e. The van der Waals surface area contributed by atoms with Gasteiger partial charge in [-0.1, -0.05) is 26.2 Å². The predicted octanol–water partition coefficient (Wildman–Crippen LogP) is 0.707. The van der Waals surface area contributed by atoms with E-state index in [4.69, 9.17) is 14.6 Å². The van der Waals surface area contributed by atoms with Crippen LogP contribution in [0.1, 0.15) is 71.1 Å². The molecule has 5 atom stereocenters. The van der Waals surface area contributed by atoms with E-state index in [1.54, 1.807) is 0 Å². The van der Waals surface area contributed by atoms with Gasteiger partial charge in [0.1, 0.15) is 12.7 Å². The number of aliphatic carboxylic acids is 1. The van der Waals surface area contributed by atoms with Crippen molar-refractivity contribution in [1.29, 1.82) is 0 Å². The van der Waals surface area contributed by atoms with Crippen molar-refractivity contribution in [3.63, 3.8) is 0 Å². The molecule has 0 radical (unpaired) electrons. The Morgan fingerprint density at radius 2 is 1.71 bits per heavy atom. The summed E-state index contributed by atoms with van der Waals surface area (Å²) in [6.07, 6.45) is 0.780. The highest BCUT2D eigenvalue weighted by molar-refractivity contribution is 5.75. The number of aliphatic hydroxyl groups excluding tert-OH is 3. The van der Waals surface area contributed by atoms with Crippen molar-refractivity contribution < 1.29 is 44.3 Å². The quantitative estimate of drug-likeness (QED) is 0.180. The van der Waals surface area contributed by atoms with Crippen molar-refractivity contribution in [2.75, 3.05) is 13.2 Å². The van der Waals surface area contributed by atoms with Gasteiger partial charge in [0.05, 0.1) is 12.2 Å². The van der Waals surface area contributed by atoms with Gasteiger partial charge in [-0.3, -0.25) is 14.4 Å². The first-order valence-electron chi connectivity index (χ1n) is 11.1. The Labute approximate surface area is 182 Å². The van der Waals surface area contributed by atoms with Crippen LogP contribution in [0.5, 0.6) is 0 Å². The lowest BCUT2D eigenvalue weighted by atomic mass is 9.89. The SMILES string of the molecule is CCCC(=O)NC[C@@H](O)C1C[C@H](O)[C@@H](COC(=O)CCCCCCCC(=O)O)OC1O. The summed E-state index contributed by atoms with van der Waals surface area (Å²) in [5, 5.41) is 41.7. The topological polar surface area (TPSA) is 163 Å².